The van der Waals surface area contributed by atoms with E-state index in [1.165, 1.54) is 0 Å². The Labute approximate surface area is 56.1 Å². The normalized spacial score (nSPS) is 12.9. The van der Waals surface area contributed by atoms with Gasteiger partial charge in [-0.1, -0.05) is 0 Å². The number of halogens is 3. The maximum Gasteiger partial charge on any atom is 0.433 e. The highest BCUT2D eigenvalue weighted by molar-refractivity contribution is 5.01. The van der Waals surface area contributed by atoms with Crippen LogP contribution < -0.4 is 0 Å². The van der Waals surface area contributed by atoms with Gasteiger partial charge in [-0.05, 0) is 6.07 Å². The molecule has 0 aliphatic rings. The molecule has 0 aliphatic heterocycles. The quantitative estimate of drug-likeness (QED) is 0.558. The zero-order valence-electron chi connectivity index (χ0n) is 5.68. The summed E-state index contributed by atoms with van der Waals surface area (Å²) in [6.45, 7) is 0. The van der Waals surface area contributed by atoms with Crippen LogP contribution in [0.2, 0.25) is 0 Å². The fraction of sp³-hybridized carbons (Fsp3) is 0.200. The number of hydrogen-bond donors (Lipinski definition) is 0. The second-order valence-electron chi connectivity index (χ2n) is 1.53. The van der Waals surface area contributed by atoms with Crippen LogP contribution in [-0.4, -0.2) is 9.97 Å². The highest BCUT2D eigenvalue weighted by Gasteiger charge is 2.31. The molecule has 0 saturated heterocycles. The Kier molecular flexibility index (Phi) is 1.26. The van der Waals surface area contributed by atoms with Crippen LogP contribution in [0.4, 0.5) is 13.2 Å². The summed E-state index contributed by atoms with van der Waals surface area (Å²) in [4.78, 5) is 6.16. The Balaban J connectivity index is 3.06. The summed E-state index contributed by atoms with van der Waals surface area (Å²) in [6.07, 6.45) is -4.21. The third-order valence-corrected chi connectivity index (χ3v) is 0.821. The van der Waals surface area contributed by atoms with Gasteiger partial charge in [0.05, 0.1) is 1.37 Å². The second-order valence-corrected chi connectivity index (χ2v) is 1.53. The van der Waals surface area contributed by atoms with E-state index in [-0.39, 0.29) is 0 Å². The second kappa shape index (κ2) is 2.24. The average molecular weight is 149 g/mol. The molecule has 1 aromatic heterocycles. The molecule has 0 spiro atoms. The minimum Gasteiger partial charge on any atom is -0.245 e. The number of nitrogens with zero attached hydrogens (tertiary/aromatic N) is 2. The standard InChI is InChI=1S/C5H3F3N2/c6-5(7,8)4-1-2-9-3-10-4/h1-3H/i2D. The summed E-state index contributed by atoms with van der Waals surface area (Å²) < 4.78 is 42.1. The molecule has 5 heteroatoms. The van der Waals surface area contributed by atoms with Crippen LogP contribution in [-0.2, 0) is 6.18 Å². The van der Waals surface area contributed by atoms with Gasteiger partial charge >= 0.3 is 6.18 Å². The minimum absolute atomic E-state index is 0.438. The molecule has 0 saturated carbocycles. The molecule has 0 fully saturated rings. The molecule has 0 unspecified atom stereocenters. The predicted molar refractivity (Wildman–Crippen MR) is 27.0 cm³/mol. The van der Waals surface area contributed by atoms with Crippen molar-refractivity contribution < 1.29 is 14.5 Å². The lowest BCUT2D eigenvalue weighted by atomic mass is 10.4. The highest BCUT2D eigenvalue weighted by atomic mass is 19.4. The van der Waals surface area contributed by atoms with E-state index in [4.69, 9.17) is 1.37 Å². The molecule has 1 aromatic rings. The van der Waals surface area contributed by atoms with Crippen LogP contribution in [0.5, 0.6) is 0 Å². The van der Waals surface area contributed by atoms with Crippen molar-refractivity contribution in [2.24, 2.45) is 0 Å². The van der Waals surface area contributed by atoms with Crippen LogP contribution in [0.3, 0.4) is 0 Å². The summed E-state index contributed by atoms with van der Waals surface area (Å²) in [5.41, 5.74) is -1.09. The predicted octanol–water partition coefficient (Wildman–Crippen LogP) is 1.50. The number of hydrogen-bond acceptors (Lipinski definition) is 2. The lowest BCUT2D eigenvalue weighted by Gasteiger charge is -2.02. The fourth-order valence-electron chi connectivity index (χ4n) is 0.415. The van der Waals surface area contributed by atoms with E-state index < -0.39 is 18.0 Å². The first kappa shape index (κ1) is 5.64. The van der Waals surface area contributed by atoms with E-state index in [0.717, 1.165) is 0 Å². The van der Waals surface area contributed by atoms with E-state index in [2.05, 4.69) is 9.97 Å². The Hall–Kier alpha value is -1.13. The highest BCUT2D eigenvalue weighted by Crippen LogP contribution is 2.26. The SMILES string of the molecule is [2H]c1cc(C(F)(F)F)ncn1. The van der Waals surface area contributed by atoms with Gasteiger partial charge in [-0.2, -0.15) is 13.2 Å². The lowest BCUT2D eigenvalue weighted by molar-refractivity contribution is -0.141. The number of aromatic nitrogens is 2. The molecule has 1 heterocycles. The fourth-order valence-corrected chi connectivity index (χ4v) is 0.415. The van der Waals surface area contributed by atoms with E-state index in [1.54, 1.807) is 0 Å². The molecule has 0 atom stereocenters. The van der Waals surface area contributed by atoms with Gasteiger partial charge in [0, 0.05) is 6.17 Å². The van der Waals surface area contributed by atoms with Crippen molar-refractivity contribution in [3.63, 3.8) is 0 Å². The summed E-state index contributed by atoms with van der Waals surface area (Å²) in [7, 11) is 0. The Bertz CT molecular complexity index is 260. The van der Waals surface area contributed by atoms with Gasteiger partial charge in [-0.15, -0.1) is 0 Å². The summed E-state index contributed by atoms with van der Waals surface area (Å²) >= 11 is 0. The van der Waals surface area contributed by atoms with Gasteiger partial charge < -0.3 is 0 Å². The van der Waals surface area contributed by atoms with Crippen molar-refractivity contribution in [1.82, 2.24) is 9.97 Å². The third kappa shape index (κ3) is 1.43. The Morgan fingerprint density at radius 2 is 2.20 bits per heavy atom. The van der Waals surface area contributed by atoms with Gasteiger partial charge in [0.2, 0.25) is 0 Å². The molecule has 0 radical (unpaired) electrons. The van der Waals surface area contributed by atoms with Crippen LogP contribution >= 0.6 is 0 Å². The van der Waals surface area contributed by atoms with Crippen LogP contribution in [0, 0.1) is 0 Å². The molecule has 10 heavy (non-hydrogen) atoms. The molecule has 0 amide bonds. The van der Waals surface area contributed by atoms with Gasteiger partial charge in [-0.3, -0.25) is 0 Å². The van der Waals surface area contributed by atoms with Crippen molar-refractivity contribution in [2.75, 3.05) is 0 Å². The van der Waals surface area contributed by atoms with Crippen molar-refractivity contribution >= 4 is 0 Å². The number of rotatable bonds is 0. The van der Waals surface area contributed by atoms with Crippen molar-refractivity contribution in [2.45, 2.75) is 6.18 Å². The minimum atomic E-state index is -4.49. The molecular formula is C5H3F3N2. The van der Waals surface area contributed by atoms with E-state index in [0.29, 0.717) is 12.4 Å². The van der Waals surface area contributed by atoms with E-state index in [9.17, 15) is 13.2 Å². The molecule has 0 N–H and O–H groups in total. The lowest BCUT2D eigenvalue weighted by Crippen LogP contribution is -2.07. The first-order chi connectivity index (χ1) is 5.00. The van der Waals surface area contributed by atoms with Gasteiger partial charge in [0.15, 0.2) is 0 Å². The van der Waals surface area contributed by atoms with Crippen LogP contribution in [0.1, 0.15) is 7.06 Å². The largest absolute Gasteiger partial charge is 0.433 e. The third-order valence-electron chi connectivity index (χ3n) is 0.821. The molecule has 0 aromatic carbocycles. The van der Waals surface area contributed by atoms with Crippen LogP contribution in [0.25, 0.3) is 0 Å². The number of alkyl halides is 3. The van der Waals surface area contributed by atoms with Crippen molar-refractivity contribution in [3.8, 4) is 0 Å². The summed E-state index contributed by atoms with van der Waals surface area (Å²) in [6, 6.07) is 0.569. The van der Waals surface area contributed by atoms with E-state index >= 15 is 0 Å². The summed E-state index contributed by atoms with van der Waals surface area (Å²) in [5, 5.41) is 0. The first-order valence-corrected chi connectivity index (χ1v) is 2.36. The average Bonchev–Trinajstić information content (AvgIpc) is 1.86. The molecular weight excluding hydrogens is 145 g/mol. The van der Waals surface area contributed by atoms with Gasteiger partial charge in [0.25, 0.3) is 0 Å². The smallest absolute Gasteiger partial charge is 0.245 e. The van der Waals surface area contributed by atoms with Gasteiger partial charge in [0.1, 0.15) is 12.0 Å². The summed E-state index contributed by atoms with van der Waals surface area (Å²) in [5.74, 6) is 0. The van der Waals surface area contributed by atoms with Crippen molar-refractivity contribution in [3.05, 3.63) is 24.3 Å². The van der Waals surface area contributed by atoms with Crippen molar-refractivity contribution in [1.29, 1.82) is 0 Å². The topological polar surface area (TPSA) is 25.8 Å². The van der Waals surface area contributed by atoms with E-state index in [1.807, 2.05) is 0 Å². The molecule has 2 nitrogen and oxygen atoms in total. The van der Waals surface area contributed by atoms with Gasteiger partial charge in [-0.25, -0.2) is 9.97 Å². The maximum atomic E-state index is 11.8. The zero-order valence-corrected chi connectivity index (χ0v) is 4.68. The monoisotopic (exact) mass is 149 g/mol. The van der Waals surface area contributed by atoms with Crippen LogP contribution in [0.15, 0.2) is 18.6 Å². The Morgan fingerprint density at radius 3 is 2.60 bits per heavy atom. The molecule has 0 aliphatic carbocycles. The maximum absolute atomic E-state index is 11.8. The Morgan fingerprint density at radius 1 is 1.50 bits per heavy atom. The molecule has 1 rings (SSSR count). The molecule has 54 valence electrons. The molecule has 0 bridgehead atoms. The first-order valence-electron chi connectivity index (χ1n) is 2.86. The zero-order chi connectivity index (χ0) is 8.48.